The fraction of sp³-hybridized carbons (Fsp3) is 0.222. The number of ketones is 2. The van der Waals surface area contributed by atoms with E-state index >= 15 is 0 Å². The smallest absolute Gasteiger partial charge is 0.200 e. The van der Waals surface area contributed by atoms with Gasteiger partial charge < -0.3 is 35.5 Å². The van der Waals surface area contributed by atoms with E-state index < -0.39 is 52.0 Å². The van der Waals surface area contributed by atoms with Crippen LogP contribution in [0.5, 0.6) is 34.5 Å². The normalized spacial score (nSPS) is 10.7. The molecule has 0 unspecified atom stereocenters. The molecule has 0 amide bonds. The highest BCUT2D eigenvalue weighted by Gasteiger charge is 2.31. The van der Waals surface area contributed by atoms with Crippen molar-refractivity contribution in [2.45, 2.75) is 0 Å². The zero-order valence-electron chi connectivity index (χ0n) is 14.9. The van der Waals surface area contributed by atoms with Crippen molar-refractivity contribution >= 4 is 24.0 Å². The summed E-state index contributed by atoms with van der Waals surface area (Å²) in [4.78, 5) is 27.2. The quantitative estimate of drug-likeness (QED) is 0.235. The average Bonchev–Trinajstić information content (AvgIpc) is 2.59. The van der Waals surface area contributed by atoms with Gasteiger partial charge in [-0.25, -0.2) is 0 Å². The number of phenolic OH excluding ortho intramolecular Hbond substituents is 6. The van der Waals surface area contributed by atoms with Crippen LogP contribution in [0.15, 0.2) is 24.3 Å². The third-order valence-electron chi connectivity index (χ3n) is 3.89. The van der Waals surface area contributed by atoms with Crippen molar-refractivity contribution in [2.24, 2.45) is 5.92 Å². The van der Waals surface area contributed by atoms with Crippen LogP contribution in [0.2, 0.25) is 0 Å². The van der Waals surface area contributed by atoms with Crippen LogP contribution < -0.4 is 0 Å². The Labute approximate surface area is 166 Å². The van der Waals surface area contributed by atoms with Crippen LogP contribution in [0.4, 0.5) is 0 Å². The molecule has 9 nitrogen and oxygen atoms in total. The number of hydrogen-bond acceptors (Lipinski definition) is 9. The molecule has 0 aliphatic rings. The first-order valence-electron chi connectivity index (χ1n) is 7.76. The summed E-state index contributed by atoms with van der Waals surface area (Å²) in [6.07, 6.45) is 0. The van der Waals surface area contributed by atoms with Crippen molar-refractivity contribution in [2.75, 3.05) is 20.6 Å². The van der Waals surface area contributed by atoms with Crippen LogP contribution in [0.25, 0.3) is 0 Å². The second kappa shape index (κ2) is 8.68. The zero-order chi connectivity index (χ0) is 20.5. The molecule has 0 aromatic heterocycles. The summed E-state index contributed by atoms with van der Waals surface area (Å²) >= 11 is 0. The minimum absolute atomic E-state index is 0. The Balaban J connectivity index is 0.00000392. The van der Waals surface area contributed by atoms with E-state index in [1.54, 1.807) is 19.0 Å². The number of benzene rings is 2. The first kappa shape index (κ1) is 22.9. The van der Waals surface area contributed by atoms with Crippen LogP contribution in [0, 0.1) is 5.92 Å². The number of phenols is 6. The summed E-state index contributed by atoms with van der Waals surface area (Å²) in [5, 5.41) is 57.2. The standard InChI is InChI=1S/C18H19NO8.ClH/c1-19(2)7-10(15(24)8-3-11(20)17(26)12(21)4-8)16(25)9-5-13(22)18(27)14(23)6-9;/h3-6,10,20-23,26-27H,7H2,1-2H3;1H. The molecule has 152 valence electrons. The highest BCUT2D eigenvalue weighted by atomic mass is 35.5. The van der Waals surface area contributed by atoms with Crippen LogP contribution in [0.1, 0.15) is 20.7 Å². The monoisotopic (exact) mass is 413 g/mol. The van der Waals surface area contributed by atoms with E-state index in [9.17, 15) is 40.2 Å². The molecule has 6 N–H and O–H groups in total. The van der Waals surface area contributed by atoms with E-state index in [2.05, 4.69) is 0 Å². The molecule has 10 heteroatoms. The van der Waals surface area contributed by atoms with Crippen molar-refractivity contribution in [3.05, 3.63) is 35.4 Å². The minimum Gasteiger partial charge on any atom is -0.504 e. The number of rotatable bonds is 6. The van der Waals surface area contributed by atoms with Crippen molar-refractivity contribution in [1.82, 2.24) is 4.90 Å². The fourth-order valence-corrected chi connectivity index (χ4v) is 2.55. The summed E-state index contributed by atoms with van der Waals surface area (Å²) in [7, 11) is 3.23. The molecule has 2 rings (SSSR count). The topological polar surface area (TPSA) is 159 Å². The zero-order valence-corrected chi connectivity index (χ0v) is 15.8. The van der Waals surface area contributed by atoms with Gasteiger partial charge >= 0.3 is 0 Å². The highest BCUT2D eigenvalue weighted by Crippen LogP contribution is 2.38. The third kappa shape index (κ3) is 4.56. The van der Waals surface area contributed by atoms with Crippen LogP contribution in [-0.2, 0) is 0 Å². The number of Topliss-reactive ketones (excluding diaryl/α,β-unsaturated/α-hetero) is 2. The van der Waals surface area contributed by atoms with Crippen molar-refractivity contribution < 1.29 is 40.2 Å². The lowest BCUT2D eigenvalue weighted by atomic mass is 9.89. The lowest BCUT2D eigenvalue weighted by Gasteiger charge is -2.20. The lowest BCUT2D eigenvalue weighted by molar-refractivity contribution is 0.0780. The van der Waals surface area contributed by atoms with Gasteiger partial charge in [0.2, 0.25) is 0 Å². The number of hydrogen-bond donors (Lipinski definition) is 6. The van der Waals surface area contributed by atoms with Gasteiger partial charge in [0.25, 0.3) is 0 Å². The van der Waals surface area contributed by atoms with Gasteiger partial charge in [-0.05, 0) is 38.4 Å². The van der Waals surface area contributed by atoms with Gasteiger partial charge in [0.1, 0.15) is 0 Å². The highest BCUT2D eigenvalue weighted by molar-refractivity contribution is 6.16. The maximum Gasteiger partial charge on any atom is 0.200 e. The lowest BCUT2D eigenvalue weighted by Crippen LogP contribution is -2.34. The van der Waals surface area contributed by atoms with Gasteiger partial charge in [-0.3, -0.25) is 9.59 Å². The molecule has 0 fully saturated rings. The Morgan fingerprint density at radius 3 is 1.29 bits per heavy atom. The van der Waals surface area contributed by atoms with Crippen molar-refractivity contribution in [3.8, 4) is 34.5 Å². The number of halogens is 1. The average molecular weight is 414 g/mol. The first-order chi connectivity index (χ1) is 12.5. The molecule has 0 aliphatic carbocycles. The summed E-state index contributed by atoms with van der Waals surface area (Å²) in [5.74, 6) is -7.33. The Hall–Kier alpha value is -3.17. The van der Waals surface area contributed by atoms with E-state index in [0.717, 1.165) is 24.3 Å². The molecule has 0 aliphatic heterocycles. The molecule has 0 saturated carbocycles. The Morgan fingerprint density at radius 1 is 0.750 bits per heavy atom. The third-order valence-corrected chi connectivity index (χ3v) is 3.89. The molecule has 28 heavy (non-hydrogen) atoms. The van der Waals surface area contributed by atoms with Gasteiger partial charge in [-0.1, -0.05) is 0 Å². The summed E-state index contributed by atoms with van der Waals surface area (Å²) in [6.45, 7) is -0.0531. The molecule has 0 radical (unpaired) electrons. The molecule has 0 spiro atoms. The predicted octanol–water partition coefficient (Wildman–Crippen LogP) is 1.59. The van der Waals surface area contributed by atoms with Crippen molar-refractivity contribution in [3.63, 3.8) is 0 Å². The summed E-state index contributed by atoms with van der Waals surface area (Å²) in [6, 6.07) is 3.66. The Kier molecular flexibility index (Phi) is 7.09. The number of nitrogens with zero attached hydrogens (tertiary/aromatic N) is 1. The van der Waals surface area contributed by atoms with Crippen molar-refractivity contribution in [1.29, 1.82) is 0 Å². The van der Waals surface area contributed by atoms with E-state index in [0.29, 0.717) is 0 Å². The second-order valence-corrected chi connectivity index (χ2v) is 6.27. The van der Waals surface area contributed by atoms with E-state index in [4.69, 9.17) is 0 Å². The Morgan fingerprint density at radius 2 is 1.04 bits per heavy atom. The molecule has 0 saturated heterocycles. The van der Waals surface area contributed by atoms with Crippen LogP contribution in [-0.4, -0.2) is 67.7 Å². The van der Waals surface area contributed by atoms with E-state index in [1.165, 1.54) is 0 Å². The summed E-state index contributed by atoms with van der Waals surface area (Å²) < 4.78 is 0. The predicted molar refractivity (Wildman–Crippen MR) is 101 cm³/mol. The van der Waals surface area contributed by atoms with Gasteiger partial charge in [0.15, 0.2) is 46.1 Å². The number of carbonyl (C=O) groups is 2. The molecule has 0 bridgehead atoms. The van der Waals surface area contributed by atoms with Gasteiger partial charge in [0.05, 0.1) is 5.92 Å². The minimum atomic E-state index is -1.31. The largest absolute Gasteiger partial charge is 0.504 e. The first-order valence-corrected chi connectivity index (χ1v) is 7.76. The maximum absolute atomic E-state index is 12.8. The molecule has 2 aromatic rings. The molecule has 2 aromatic carbocycles. The van der Waals surface area contributed by atoms with E-state index in [1.807, 2.05) is 0 Å². The number of aromatic hydroxyl groups is 6. The van der Waals surface area contributed by atoms with Crippen LogP contribution in [0.3, 0.4) is 0 Å². The molecule has 0 atom stereocenters. The van der Waals surface area contributed by atoms with E-state index in [-0.39, 0.29) is 30.1 Å². The number of carbonyl (C=O) groups excluding carboxylic acids is 2. The molecular formula is C18H20ClNO8. The second-order valence-electron chi connectivity index (χ2n) is 6.27. The van der Waals surface area contributed by atoms with Crippen LogP contribution >= 0.6 is 12.4 Å². The molecular weight excluding hydrogens is 394 g/mol. The van der Waals surface area contributed by atoms with Gasteiger partial charge in [0, 0.05) is 17.7 Å². The Bertz CT molecular complexity index is 797. The van der Waals surface area contributed by atoms with Gasteiger partial charge in [-0.2, -0.15) is 0 Å². The molecule has 0 heterocycles. The van der Waals surface area contributed by atoms with Gasteiger partial charge in [-0.15, -0.1) is 12.4 Å². The SMILES string of the molecule is CN(C)CC(C(=O)c1cc(O)c(O)c(O)c1)C(=O)c1cc(O)c(O)c(O)c1.Cl. The summed E-state index contributed by atoms with van der Waals surface area (Å²) in [5.41, 5.74) is -0.426. The maximum atomic E-state index is 12.8. The fourth-order valence-electron chi connectivity index (χ4n) is 2.55.